The summed E-state index contributed by atoms with van der Waals surface area (Å²) >= 11 is 0. The Balaban J connectivity index is 0.00000312. The summed E-state index contributed by atoms with van der Waals surface area (Å²) in [6.45, 7) is 3.17. The van der Waals surface area contributed by atoms with Crippen LogP contribution in [0.4, 0.5) is 11.4 Å². The van der Waals surface area contributed by atoms with E-state index in [9.17, 15) is 25.9 Å². The van der Waals surface area contributed by atoms with Gasteiger partial charge in [-0.2, -0.15) is 16.8 Å². The molecule has 0 fully saturated rings. The molecule has 26 heavy (non-hydrogen) atoms. The van der Waals surface area contributed by atoms with Gasteiger partial charge in [-0.15, -0.1) is 0 Å². The van der Waals surface area contributed by atoms with E-state index in [1.165, 1.54) is 12.1 Å². The first-order valence-corrected chi connectivity index (χ1v) is 9.46. The molecular weight excluding hydrogens is 402 g/mol. The second-order valence-electron chi connectivity index (χ2n) is 5.36. The normalized spacial score (nSPS) is 11.4. The molecule has 0 spiro atoms. The Morgan fingerprint density at radius 2 is 0.962 bits per heavy atom. The van der Waals surface area contributed by atoms with Crippen molar-refractivity contribution in [2.75, 3.05) is 11.5 Å². The van der Waals surface area contributed by atoms with Crippen molar-refractivity contribution in [1.82, 2.24) is 0 Å². The van der Waals surface area contributed by atoms with E-state index in [4.69, 9.17) is 11.5 Å². The van der Waals surface area contributed by atoms with Crippen molar-refractivity contribution in [3.8, 4) is 11.1 Å². The summed E-state index contributed by atoms with van der Waals surface area (Å²) in [4.78, 5) is -1.14. The van der Waals surface area contributed by atoms with Gasteiger partial charge in [0.15, 0.2) is 0 Å². The predicted octanol–water partition coefficient (Wildman–Crippen LogP) is 0.331. The van der Waals surface area contributed by atoms with E-state index >= 15 is 0 Å². The summed E-state index contributed by atoms with van der Waals surface area (Å²) < 4.78 is 65.6. The molecule has 12 heteroatoms. The van der Waals surface area contributed by atoms with Crippen LogP contribution >= 0.6 is 0 Å². The van der Waals surface area contributed by atoms with Crippen LogP contribution in [0.1, 0.15) is 11.1 Å². The number of hydrogen-bond donors (Lipinski definition) is 4. The molecule has 0 heterocycles. The number of aryl methyl sites for hydroxylation is 2. The van der Waals surface area contributed by atoms with Crippen molar-refractivity contribution >= 4 is 90.7 Å². The van der Waals surface area contributed by atoms with Crippen molar-refractivity contribution in [2.45, 2.75) is 23.6 Å². The van der Waals surface area contributed by atoms with E-state index in [1.54, 1.807) is 13.8 Å². The molecule has 0 unspecified atom stereocenters. The topological polar surface area (TPSA) is 161 Å². The molecule has 2 aromatic carbocycles. The second-order valence-corrected chi connectivity index (χ2v) is 8.14. The van der Waals surface area contributed by atoms with Crippen LogP contribution < -0.4 is 11.5 Å². The molecule has 0 aliphatic carbocycles. The maximum absolute atomic E-state index is 11.7. The summed E-state index contributed by atoms with van der Waals surface area (Å²) in [6, 6.07) is 4.69. The van der Waals surface area contributed by atoms with E-state index in [0.29, 0.717) is 11.1 Å². The molecule has 0 radical (unpaired) electrons. The molecule has 2 rings (SSSR count). The number of anilines is 2. The van der Waals surface area contributed by atoms with Gasteiger partial charge >= 0.3 is 59.1 Å². The molecule has 134 valence electrons. The molecule has 2 aromatic rings. The Bertz CT molecular complexity index is 968. The zero-order valence-electron chi connectivity index (χ0n) is 12.8. The summed E-state index contributed by atoms with van der Waals surface area (Å²) in [7, 11) is -9.39. The molecule has 0 aliphatic heterocycles. The number of rotatable bonds is 3. The van der Waals surface area contributed by atoms with Gasteiger partial charge in [-0.25, -0.2) is 0 Å². The Morgan fingerprint density at radius 1 is 0.692 bits per heavy atom. The molecular formula is C14H18N2Na2O6S2. The zero-order valence-corrected chi connectivity index (χ0v) is 14.4. The Labute approximate surface area is 196 Å². The van der Waals surface area contributed by atoms with Gasteiger partial charge in [0.25, 0.3) is 20.2 Å². The Hall–Kier alpha value is -0.140. The van der Waals surface area contributed by atoms with Gasteiger partial charge in [0.2, 0.25) is 0 Å². The van der Waals surface area contributed by atoms with Crippen molar-refractivity contribution in [3.63, 3.8) is 0 Å². The fourth-order valence-corrected chi connectivity index (χ4v) is 3.70. The summed E-state index contributed by atoms with van der Waals surface area (Å²) in [5.74, 6) is 0. The van der Waals surface area contributed by atoms with Gasteiger partial charge < -0.3 is 11.5 Å². The average molecular weight is 420 g/mol. The van der Waals surface area contributed by atoms with E-state index in [2.05, 4.69) is 0 Å². The first kappa shape index (κ1) is 25.9. The van der Waals surface area contributed by atoms with Crippen LogP contribution in [0.25, 0.3) is 11.1 Å². The molecule has 6 N–H and O–H groups in total. The SMILES string of the molecule is Cc1cc(-c2cc(C)c(N)cc2S(=O)(=O)O)c(S(=O)(=O)O)cc1N.[NaH].[NaH]. The first-order chi connectivity index (χ1) is 10.8. The van der Waals surface area contributed by atoms with Gasteiger partial charge in [-0.3, -0.25) is 9.11 Å². The Morgan fingerprint density at radius 3 is 1.19 bits per heavy atom. The van der Waals surface area contributed by atoms with Crippen LogP contribution in [-0.4, -0.2) is 85.1 Å². The molecule has 0 atom stereocenters. The van der Waals surface area contributed by atoms with E-state index in [0.717, 1.165) is 12.1 Å². The third-order valence-electron chi connectivity index (χ3n) is 3.58. The minimum absolute atomic E-state index is 0. The minimum atomic E-state index is -4.69. The van der Waals surface area contributed by atoms with Crippen molar-refractivity contribution in [1.29, 1.82) is 0 Å². The van der Waals surface area contributed by atoms with Crippen LogP contribution in [0.2, 0.25) is 0 Å². The van der Waals surface area contributed by atoms with Crippen molar-refractivity contribution in [2.24, 2.45) is 0 Å². The van der Waals surface area contributed by atoms with Crippen LogP contribution in [0.3, 0.4) is 0 Å². The van der Waals surface area contributed by atoms with E-state index < -0.39 is 30.0 Å². The van der Waals surface area contributed by atoms with E-state index in [1.807, 2.05) is 0 Å². The number of nitrogen functional groups attached to an aromatic ring is 2. The van der Waals surface area contributed by atoms with Gasteiger partial charge in [0.05, 0.1) is 0 Å². The third kappa shape index (κ3) is 5.44. The molecule has 0 saturated heterocycles. The Kier molecular flexibility index (Phi) is 8.86. The number of nitrogens with two attached hydrogens (primary N) is 2. The van der Waals surface area contributed by atoms with Gasteiger partial charge in [-0.1, -0.05) is 0 Å². The monoisotopic (exact) mass is 420 g/mol. The third-order valence-corrected chi connectivity index (χ3v) is 5.37. The molecule has 0 amide bonds. The predicted molar refractivity (Wildman–Crippen MR) is 104 cm³/mol. The fourth-order valence-electron chi connectivity index (χ4n) is 2.26. The maximum atomic E-state index is 11.7. The second kappa shape index (κ2) is 8.91. The number of benzene rings is 2. The van der Waals surface area contributed by atoms with Crippen LogP contribution in [0.15, 0.2) is 34.1 Å². The zero-order chi connectivity index (χ0) is 18.4. The quantitative estimate of drug-likeness (QED) is 0.314. The van der Waals surface area contributed by atoms with Gasteiger partial charge in [-0.05, 0) is 49.2 Å². The summed E-state index contributed by atoms with van der Waals surface area (Å²) in [5.41, 5.74) is 12.3. The van der Waals surface area contributed by atoms with Crippen molar-refractivity contribution in [3.05, 3.63) is 35.4 Å². The molecule has 8 nitrogen and oxygen atoms in total. The van der Waals surface area contributed by atoms with Crippen LogP contribution in [0.5, 0.6) is 0 Å². The fraction of sp³-hybridized carbons (Fsp3) is 0.143. The summed E-state index contributed by atoms with van der Waals surface area (Å²) in [5, 5.41) is 0. The van der Waals surface area contributed by atoms with Gasteiger partial charge in [0.1, 0.15) is 9.79 Å². The molecule has 0 aliphatic rings. The molecule has 0 bridgehead atoms. The van der Waals surface area contributed by atoms with Crippen molar-refractivity contribution < 1.29 is 25.9 Å². The van der Waals surface area contributed by atoms with E-state index in [-0.39, 0.29) is 81.6 Å². The molecule has 0 saturated carbocycles. The van der Waals surface area contributed by atoms with Gasteiger partial charge in [0, 0.05) is 22.5 Å². The van der Waals surface area contributed by atoms with Crippen LogP contribution in [0, 0.1) is 13.8 Å². The number of hydrogen-bond acceptors (Lipinski definition) is 6. The molecule has 0 aromatic heterocycles. The standard InChI is InChI=1S/C14H16N2O6S2.2Na.2H/c1-7-3-9(13(5-11(7)15)23(17,18)19)10-4-8(2)12(16)6-14(10)24(20,21)22;;;;/h3-6H,15-16H2,1-2H3,(H,17,18,19)(H,20,21,22);;;;. The summed E-state index contributed by atoms with van der Waals surface area (Å²) in [6.07, 6.45) is 0. The first-order valence-electron chi connectivity index (χ1n) is 6.58. The average Bonchev–Trinajstić information content (AvgIpc) is 2.41. The van der Waals surface area contributed by atoms with Crippen LogP contribution in [-0.2, 0) is 20.2 Å².